The maximum absolute atomic E-state index is 13.3. The number of rotatable bonds is 2. The summed E-state index contributed by atoms with van der Waals surface area (Å²) in [6, 6.07) is 13.7. The number of fused-ring (bicyclic) bond motifs is 1. The van der Waals surface area contributed by atoms with Gasteiger partial charge in [-0.15, -0.1) is 0 Å². The molecule has 1 amide bonds. The standard InChI is InChI=1S/C18H16FN3O/c19-15-7-8-21(12-15)18(23)14-10-13-6-9-22(17(13)20-11-14)16-4-2-1-3-5-16/h1-6,9-11,15H,7-8,12H2/t15-/m0/s1. The highest BCUT2D eigenvalue weighted by Crippen LogP contribution is 2.21. The van der Waals surface area contributed by atoms with Gasteiger partial charge in [0.25, 0.3) is 5.91 Å². The maximum atomic E-state index is 13.3. The van der Waals surface area contributed by atoms with Gasteiger partial charge >= 0.3 is 0 Å². The zero-order valence-electron chi connectivity index (χ0n) is 12.5. The molecule has 0 spiro atoms. The van der Waals surface area contributed by atoms with Gasteiger partial charge in [-0.25, -0.2) is 9.37 Å². The number of benzene rings is 1. The second-order valence-electron chi connectivity index (χ2n) is 5.80. The summed E-state index contributed by atoms with van der Waals surface area (Å²) in [7, 11) is 0. The van der Waals surface area contributed by atoms with Crippen LogP contribution in [0.3, 0.4) is 0 Å². The van der Waals surface area contributed by atoms with Gasteiger partial charge in [0.2, 0.25) is 0 Å². The van der Waals surface area contributed by atoms with E-state index in [2.05, 4.69) is 4.98 Å². The molecule has 5 heteroatoms. The van der Waals surface area contributed by atoms with Gasteiger partial charge in [-0.2, -0.15) is 0 Å². The van der Waals surface area contributed by atoms with E-state index in [4.69, 9.17) is 0 Å². The van der Waals surface area contributed by atoms with Gasteiger partial charge in [-0.05, 0) is 30.7 Å². The van der Waals surface area contributed by atoms with Gasteiger partial charge in [0.1, 0.15) is 11.8 Å². The smallest absolute Gasteiger partial charge is 0.255 e. The third kappa shape index (κ3) is 2.48. The molecular weight excluding hydrogens is 293 g/mol. The predicted octanol–water partition coefficient (Wildman–Crippen LogP) is 3.21. The van der Waals surface area contributed by atoms with Crippen molar-refractivity contribution in [2.24, 2.45) is 0 Å². The van der Waals surface area contributed by atoms with Crippen molar-refractivity contribution in [1.29, 1.82) is 0 Å². The number of para-hydroxylation sites is 1. The molecule has 1 saturated heterocycles. The Morgan fingerprint density at radius 3 is 2.78 bits per heavy atom. The van der Waals surface area contributed by atoms with Gasteiger partial charge in [-0.3, -0.25) is 4.79 Å². The molecule has 3 aromatic rings. The van der Waals surface area contributed by atoms with Gasteiger partial charge in [0.15, 0.2) is 0 Å². The average molecular weight is 309 g/mol. The number of alkyl halides is 1. The number of hydrogen-bond donors (Lipinski definition) is 0. The first-order chi connectivity index (χ1) is 11.2. The Hall–Kier alpha value is -2.69. The van der Waals surface area contributed by atoms with Crippen LogP contribution in [0.25, 0.3) is 16.7 Å². The Kier molecular flexibility index (Phi) is 3.33. The van der Waals surface area contributed by atoms with Crippen molar-refractivity contribution in [1.82, 2.24) is 14.5 Å². The van der Waals surface area contributed by atoms with Crippen molar-refractivity contribution in [2.45, 2.75) is 12.6 Å². The van der Waals surface area contributed by atoms with Gasteiger partial charge in [0, 0.05) is 30.0 Å². The largest absolute Gasteiger partial charge is 0.336 e. The number of aromatic nitrogens is 2. The van der Waals surface area contributed by atoms with Crippen LogP contribution in [0.2, 0.25) is 0 Å². The lowest BCUT2D eigenvalue weighted by molar-refractivity contribution is 0.0782. The molecule has 0 aliphatic carbocycles. The Bertz CT molecular complexity index is 859. The zero-order chi connectivity index (χ0) is 15.8. The van der Waals surface area contributed by atoms with Crippen molar-refractivity contribution in [2.75, 3.05) is 13.1 Å². The van der Waals surface area contributed by atoms with Crippen LogP contribution < -0.4 is 0 Å². The molecular formula is C18H16FN3O. The lowest BCUT2D eigenvalue weighted by atomic mass is 10.2. The van der Waals surface area contributed by atoms with E-state index in [0.29, 0.717) is 18.5 Å². The summed E-state index contributed by atoms with van der Waals surface area (Å²) >= 11 is 0. The Labute approximate surface area is 133 Å². The van der Waals surface area contributed by atoms with E-state index in [1.807, 2.05) is 53.2 Å². The second kappa shape index (κ2) is 5.50. The topological polar surface area (TPSA) is 38.1 Å². The lowest BCUT2D eigenvalue weighted by Crippen LogP contribution is -2.29. The fourth-order valence-electron chi connectivity index (χ4n) is 3.02. The van der Waals surface area contributed by atoms with E-state index in [9.17, 15) is 9.18 Å². The molecule has 1 aliphatic rings. The van der Waals surface area contributed by atoms with E-state index >= 15 is 0 Å². The summed E-state index contributed by atoms with van der Waals surface area (Å²) in [5.74, 6) is -0.146. The molecule has 1 aliphatic heterocycles. The number of nitrogens with zero attached hydrogens (tertiary/aromatic N) is 3. The van der Waals surface area contributed by atoms with Gasteiger partial charge in [0.05, 0.1) is 12.1 Å². The third-order valence-corrected chi connectivity index (χ3v) is 4.23. The fraction of sp³-hybridized carbons (Fsp3) is 0.222. The highest BCUT2D eigenvalue weighted by molar-refractivity contribution is 5.97. The molecule has 2 aromatic heterocycles. The van der Waals surface area contributed by atoms with Crippen molar-refractivity contribution in [3.8, 4) is 5.69 Å². The van der Waals surface area contributed by atoms with E-state index < -0.39 is 6.17 Å². The maximum Gasteiger partial charge on any atom is 0.255 e. The monoisotopic (exact) mass is 309 g/mol. The minimum atomic E-state index is -0.908. The molecule has 1 fully saturated rings. The predicted molar refractivity (Wildman–Crippen MR) is 86.5 cm³/mol. The van der Waals surface area contributed by atoms with Crippen LogP contribution in [0.15, 0.2) is 54.9 Å². The van der Waals surface area contributed by atoms with Crippen LogP contribution >= 0.6 is 0 Å². The van der Waals surface area contributed by atoms with Crippen LogP contribution in [0, 0.1) is 0 Å². The van der Waals surface area contributed by atoms with Gasteiger partial charge < -0.3 is 9.47 Å². The quantitative estimate of drug-likeness (QED) is 0.729. The van der Waals surface area contributed by atoms with E-state index in [0.717, 1.165) is 16.7 Å². The SMILES string of the molecule is O=C(c1cnc2c(ccn2-c2ccccc2)c1)N1CC[C@H](F)C1. The Morgan fingerprint density at radius 2 is 2.04 bits per heavy atom. The first-order valence-corrected chi connectivity index (χ1v) is 7.68. The minimum Gasteiger partial charge on any atom is -0.336 e. The van der Waals surface area contributed by atoms with Crippen LogP contribution in [-0.2, 0) is 0 Å². The Morgan fingerprint density at radius 1 is 1.22 bits per heavy atom. The number of likely N-dealkylation sites (tertiary alicyclic amines) is 1. The summed E-state index contributed by atoms with van der Waals surface area (Å²) in [5.41, 5.74) is 2.34. The molecule has 0 N–H and O–H groups in total. The minimum absolute atomic E-state index is 0.146. The first-order valence-electron chi connectivity index (χ1n) is 7.68. The average Bonchev–Trinajstić information content (AvgIpc) is 3.20. The van der Waals surface area contributed by atoms with Crippen LogP contribution in [0.5, 0.6) is 0 Å². The second-order valence-corrected chi connectivity index (χ2v) is 5.80. The number of halogens is 1. The van der Waals surface area contributed by atoms with Crippen molar-refractivity contribution >= 4 is 16.9 Å². The summed E-state index contributed by atoms with van der Waals surface area (Å²) in [4.78, 5) is 18.4. The molecule has 1 aromatic carbocycles. The van der Waals surface area contributed by atoms with E-state index in [1.54, 1.807) is 11.1 Å². The molecule has 1 atom stereocenters. The summed E-state index contributed by atoms with van der Waals surface area (Å²) < 4.78 is 15.3. The molecule has 0 saturated carbocycles. The third-order valence-electron chi connectivity index (χ3n) is 4.23. The highest BCUT2D eigenvalue weighted by Gasteiger charge is 2.27. The van der Waals surface area contributed by atoms with Crippen LogP contribution in [-0.4, -0.2) is 39.6 Å². The Balaban J connectivity index is 1.69. The summed E-state index contributed by atoms with van der Waals surface area (Å²) in [6.45, 7) is 0.658. The lowest BCUT2D eigenvalue weighted by Gasteiger charge is -2.15. The summed E-state index contributed by atoms with van der Waals surface area (Å²) in [5, 5.41) is 0.899. The molecule has 23 heavy (non-hydrogen) atoms. The number of carbonyl (C=O) groups excluding carboxylic acids is 1. The summed E-state index contributed by atoms with van der Waals surface area (Å²) in [6.07, 6.45) is 3.03. The van der Waals surface area contributed by atoms with Crippen molar-refractivity contribution in [3.05, 3.63) is 60.4 Å². The number of carbonyl (C=O) groups is 1. The van der Waals surface area contributed by atoms with Gasteiger partial charge in [-0.1, -0.05) is 18.2 Å². The normalized spacial score (nSPS) is 17.8. The van der Waals surface area contributed by atoms with Crippen molar-refractivity contribution in [3.63, 3.8) is 0 Å². The number of pyridine rings is 1. The first kappa shape index (κ1) is 13.9. The molecule has 0 bridgehead atoms. The zero-order valence-corrected chi connectivity index (χ0v) is 12.5. The van der Waals surface area contributed by atoms with Crippen LogP contribution in [0.1, 0.15) is 16.8 Å². The number of amides is 1. The molecule has 4 nitrogen and oxygen atoms in total. The fourth-order valence-corrected chi connectivity index (χ4v) is 3.02. The molecule has 0 unspecified atom stereocenters. The van der Waals surface area contributed by atoms with E-state index in [1.165, 1.54) is 0 Å². The molecule has 116 valence electrons. The molecule has 3 heterocycles. The molecule has 4 rings (SSSR count). The highest BCUT2D eigenvalue weighted by atomic mass is 19.1. The van der Waals surface area contributed by atoms with Crippen molar-refractivity contribution < 1.29 is 9.18 Å². The van der Waals surface area contributed by atoms with E-state index in [-0.39, 0.29) is 12.5 Å². The number of hydrogen-bond acceptors (Lipinski definition) is 2. The van der Waals surface area contributed by atoms with Crippen LogP contribution in [0.4, 0.5) is 4.39 Å². The molecule has 0 radical (unpaired) electrons.